The Morgan fingerprint density at radius 2 is 0.755 bits per heavy atom. The molecule has 0 aliphatic carbocycles. The highest BCUT2D eigenvalue weighted by molar-refractivity contribution is 6.01. The lowest BCUT2D eigenvalue weighted by Gasteiger charge is -2.12. The summed E-state index contributed by atoms with van der Waals surface area (Å²) in [6, 6.07) is 41.8. The molecule has 1 aliphatic heterocycles. The van der Waals surface area contributed by atoms with Crippen LogP contribution in [0.3, 0.4) is 0 Å². The van der Waals surface area contributed by atoms with E-state index in [4.69, 9.17) is 64.4 Å². The van der Waals surface area contributed by atoms with Crippen LogP contribution in [0.4, 0.5) is 0 Å². The van der Waals surface area contributed by atoms with Crippen LogP contribution in [0.1, 0.15) is 72.1 Å². The topological polar surface area (TPSA) is 289 Å². The number of carbonyl (C=O) groups is 5. The number of nitrogens with zero attached hydrogens (tertiary/aromatic N) is 7. The lowest BCUT2D eigenvalue weighted by Crippen LogP contribution is -2.34. The van der Waals surface area contributed by atoms with Gasteiger partial charge in [-0.25, -0.2) is 19.7 Å². The minimum absolute atomic E-state index is 0.0349. The molecular formula is C70H88N11O13+3. The number of amides is 4. The van der Waals surface area contributed by atoms with Gasteiger partial charge in [0.1, 0.15) is 36.2 Å². The van der Waals surface area contributed by atoms with Crippen molar-refractivity contribution in [3.63, 3.8) is 0 Å². The van der Waals surface area contributed by atoms with Gasteiger partial charge in [0, 0.05) is 88.3 Å². The van der Waals surface area contributed by atoms with Gasteiger partial charge in [-0.15, -0.1) is 5.06 Å². The Hall–Kier alpha value is -9.17. The molecule has 0 atom stereocenters. The maximum absolute atomic E-state index is 12.3. The molecule has 0 spiro atoms. The largest absolute Gasteiger partial charge is 0.491 e. The van der Waals surface area contributed by atoms with Crippen LogP contribution < -0.4 is 50.0 Å². The number of carbonyl (C=O) groups excluding carboxylic acids is 5. The maximum atomic E-state index is 12.3. The third-order valence-electron chi connectivity index (χ3n) is 15.0. The van der Waals surface area contributed by atoms with E-state index in [1.165, 1.54) is 0 Å². The first-order valence-electron chi connectivity index (χ1n) is 32.4. The summed E-state index contributed by atoms with van der Waals surface area (Å²) < 4.78 is 45.9. The molecule has 0 bridgehead atoms. The number of nitrogens with one attached hydrogen (secondary N) is 2. The van der Waals surface area contributed by atoms with Gasteiger partial charge in [-0.3, -0.25) is 19.2 Å². The number of hydroxylamine groups is 2. The van der Waals surface area contributed by atoms with Crippen LogP contribution in [0.15, 0.2) is 127 Å². The molecule has 1 saturated heterocycles. The fraction of sp³-hybridized carbons (Fsp3) is 0.414. The minimum atomic E-state index is -0.631. The lowest BCUT2D eigenvalue weighted by molar-refractivity contribution is -0.642. The second-order valence-corrected chi connectivity index (χ2v) is 21.5. The standard InChI is InChI=1S/C42H48N6O6.C22H22N3O5.C6H16N2O2/c1-3-47-33-15-7-5-13-31(33)45-41-35(47)17-9-19-37(41)53-25-11-21-39(49)43-23-27-51-29-30-52-28-24-44-40(50)22-12-26-54-38-20-10-18-36-42(38)46-32-14-6-8-16-34(32)48(36)4-2;1-2-24-16-8-4-3-7-15(16)23-22-17(24)9-5-10-18(22)29-14-6-11-21(28)30-25-19(26)12-13-20(25)27;7-1-3-9-5-6-10-4-2-8/h5-10,13-20H,3-4,11-12,21-30H2,1-2H3;3-5,7-10H,2,6,11-14H2,1H3;1-8H2/q;+1;/p+2. The summed E-state index contributed by atoms with van der Waals surface area (Å²) in [6.45, 7) is 15.8. The van der Waals surface area contributed by atoms with Crippen molar-refractivity contribution in [1.29, 1.82) is 0 Å². The highest BCUT2D eigenvalue weighted by Gasteiger charge is 2.33. The Balaban J connectivity index is 0.000000235. The number of hydrogen-bond acceptors (Lipinski definition) is 18. The molecule has 1 fully saturated rings. The van der Waals surface area contributed by atoms with E-state index in [0.717, 1.165) is 97.3 Å². The Labute approximate surface area is 546 Å². The lowest BCUT2D eigenvalue weighted by atomic mass is 10.2. The second-order valence-electron chi connectivity index (χ2n) is 21.5. The molecule has 24 heteroatoms. The van der Waals surface area contributed by atoms with Crippen LogP contribution >= 0.6 is 0 Å². The van der Waals surface area contributed by atoms with Gasteiger partial charge in [-0.2, -0.15) is 13.7 Å². The maximum Gasteiger partial charge on any atom is 0.333 e. The Bertz CT molecular complexity index is 3790. The van der Waals surface area contributed by atoms with Crippen LogP contribution in [0.25, 0.3) is 66.2 Å². The van der Waals surface area contributed by atoms with Crippen LogP contribution in [-0.4, -0.2) is 148 Å². The van der Waals surface area contributed by atoms with Crippen LogP contribution in [0.2, 0.25) is 0 Å². The van der Waals surface area contributed by atoms with Crippen molar-refractivity contribution < 1.29 is 75.7 Å². The number of aryl methyl sites for hydroxylation is 3. The first-order valence-corrected chi connectivity index (χ1v) is 32.4. The molecule has 6 aromatic carbocycles. The first kappa shape index (κ1) is 70.7. The predicted molar refractivity (Wildman–Crippen MR) is 354 cm³/mol. The number of ether oxygens (including phenoxy) is 7. The molecule has 4 heterocycles. The monoisotopic (exact) mass is 1290 g/mol. The molecule has 0 saturated carbocycles. The fourth-order valence-corrected chi connectivity index (χ4v) is 10.6. The zero-order valence-corrected chi connectivity index (χ0v) is 54.1. The molecule has 6 N–H and O–H groups in total. The fourth-order valence-electron chi connectivity index (χ4n) is 10.6. The highest BCUT2D eigenvalue weighted by atomic mass is 16.7. The van der Waals surface area contributed by atoms with Crippen molar-refractivity contribution in [3.05, 3.63) is 127 Å². The number of fused-ring (bicyclic) bond motifs is 6. The molecule has 1 aliphatic rings. The number of aromatic nitrogens is 6. The van der Waals surface area contributed by atoms with Crippen molar-refractivity contribution >= 4 is 95.8 Å². The van der Waals surface area contributed by atoms with E-state index in [1.807, 2.05) is 103 Å². The molecule has 498 valence electrons. The summed E-state index contributed by atoms with van der Waals surface area (Å²) in [6.07, 6.45) is 2.46. The zero-order valence-electron chi connectivity index (χ0n) is 54.1. The molecule has 0 unspecified atom stereocenters. The van der Waals surface area contributed by atoms with Gasteiger partial charge in [0.25, 0.3) is 11.8 Å². The number of benzene rings is 6. The van der Waals surface area contributed by atoms with Crippen molar-refractivity contribution in [2.24, 2.45) is 11.5 Å². The molecule has 0 radical (unpaired) electrons. The van der Waals surface area contributed by atoms with Crippen molar-refractivity contribution in [1.82, 2.24) is 30.6 Å². The van der Waals surface area contributed by atoms with Crippen LogP contribution in [0.5, 0.6) is 17.2 Å². The molecule has 4 amide bonds. The summed E-state index contributed by atoms with van der Waals surface area (Å²) in [4.78, 5) is 78.9. The van der Waals surface area contributed by atoms with Gasteiger partial charge in [0.05, 0.1) is 79.1 Å². The molecule has 94 heavy (non-hydrogen) atoms. The Kier molecular flexibility index (Phi) is 28.7. The smallest absolute Gasteiger partial charge is 0.333 e. The SMILES string of the molecule is CC[n+]1c2ccccc2nc2c(OCCCC(=O)NCCOCCOCCNC(=O)CCCOc3cccc4c3nc3ccccc3[n+]4CC)cccc21.CC[n+]1c2ccccc2nc2c(OCCCC(=O)ON3C(=O)CCC3=O)cccc21.NCCOCCOCCN. The van der Waals surface area contributed by atoms with E-state index in [-0.39, 0.29) is 37.7 Å². The van der Waals surface area contributed by atoms with Gasteiger partial charge >= 0.3 is 5.97 Å². The van der Waals surface area contributed by atoms with E-state index < -0.39 is 17.8 Å². The first-order chi connectivity index (χ1) is 46.1. The number of imide groups is 1. The zero-order chi connectivity index (χ0) is 66.3. The predicted octanol–water partition coefficient (Wildman–Crippen LogP) is 6.39. The third-order valence-corrected chi connectivity index (χ3v) is 15.0. The quantitative estimate of drug-likeness (QED) is 0.0145. The van der Waals surface area contributed by atoms with Gasteiger partial charge in [-0.05, 0) is 76.4 Å². The molecule has 10 rings (SSSR count). The van der Waals surface area contributed by atoms with E-state index >= 15 is 0 Å². The second kappa shape index (κ2) is 38.1. The van der Waals surface area contributed by atoms with E-state index in [2.05, 4.69) is 69.4 Å². The average Bonchev–Trinajstić information content (AvgIpc) is 0.850. The van der Waals surface area contributed by atoms with Gasteiger partial charge in [0.15, 0.2) is 33.8 Å². The summed E-state index contributed by atoms with van der Waals surface area (Å²) >= 11 is 0. The minimum Gasteiger partial charge on any atom is -0.491 e. The van der Waals surface area contributed by atoms with E-state index in [0.29, 0.717) is 135 Å². The summed E-state index contributed by atoms with van der Waals surface area (Å²) in [5, 5.41) is 6.33. The van der Waals surface area contributed by atoms with Crippen molar-refractivity contribution in [2.45, 2.75) is 91.8 Å². The number of rotatable bonds is 35. The molecule has 9 aromatic rings. The molecule has 24 nitrogen and oxygen atoms in total. The van der Waals surface area contributed by atoms with Gasteiger partial charge in [-0.1, -0.05) is 54.6 Å². The number of nitrogens with two attached hydrogens (primary N) is 2. The Morgan fingerprint density at radius 3 is 1.11 bits per heavy atom. The van der Waals surface area contributed by atoms with Gasteiger partial charge < -0.3 is 60.1 Å². The number of hydrogen-bond donors (Lipinski definition) is 4. The summed E-state index contributed by atoms with van der Waals surface area (Å²) in [5.41, 5.74) is 21.7. The third kappa shape index (κ3) is 20.2. The summed E-state index contributed by atoms with van der Waals surface area (Å²) in [7, 11) is 0. The highest BCUT2D eigenvalue weighted by Crippen LogP contribution is 2.28. The average molecular weight is 1290 g/mol. The van der Waals surface area contributed by atoms with E-state index in [9.17, 15) is 24.0 Å². The van der Waals surface area contributed by atoms with Gasteiger partial charge in [0.2, 0.25) is 44.9 Å². The number of para-hydroxylation sites is 9. The van der Waals surface area contributed by atoms with Crippen LogP contribution in [0, 0.1) is 0 Å². The molecule has 3 aromatic heterocycles. The Morgan fingerprint density at radius 1 is 0.426 bits per heavy atom. The van der Waals surface area contributed by atoms with Crippen molar-refractivity contribution in [3.8, 4) is 17.2 Å². The normalized spacial score (nSPS) is 12.1. The van der Waals surface area contributed by atoms with E-state index in [1.54, 1.807) is 0 Å². The van der Waals surface area contributed by atoms with Crippen molar-refractivity contribution in [2.75, 3.05) is 98.9 Å². The summed E-state index contributed by atoms with van der Waals surface area (Å²) in [5.74, 6) is 0.382. The van der Waals surface area contributed by atoms with Crippen LogP contribution in [-0.2, 0) is 67.4 Å². The molecular weight excluding hydrogens is 1200 g/mol.